The van der Waals surface area contributed by atoms with E-state index in [0.29, 0.717) is 11.3 Å². The molecule has 1 aromatic carbocycles. The summed E-state index contributed by atoms with van der Waals surface area (Å²) in [6.45, 7) is -1.42. The molecule has 9 N–H and O–H groups in total. The molecule has 0 aliphatic heterocycles. The third-order valence-electron chi connectivity index (χ3n) is 4.57. The molecule has 33 heavy (non-hydrogen) atoms. The highest BCUT2D eigenvalue weighted by atomic mass is 16.4. The highest BCUT2D eigenvalue weighted by molar-refractivity contribution is 5.93. The number of nitrogens with two attached hydrogens (primary N) is 1. The second-order valence-corrected chi connectivity index (χ2v) is 7.17. The van der Waals surface area contributed by atoms with Crippen LogP contribution in [0.1, 0.15) is 11.3 Å². The van der Waals surface area contributed by atoms with Crippen molar-refractivity contribution in [3.8, 4) is 5.75 Å². The Hall–Kier alpha value is -3.97. The molecule has 2 rings (SSSR count). The Bertz CT molecular complexity index is 948. The summed E-state index contributed by atoms with van der Waals surface area (Å²) in [4.78, 5) is 54.7. The number of rotatable bonds is 12. The molecule has 3 atom stereocenters. The van der Waals surface area contributed by atoms with E-state index in [2.05, 4.69) is 25.9 Å². The largest absolute Gasteiger partial charge is 0.508 e. The molecule has 3 unspecified atom stereocenters. The maximum atomic E-state index is 12.6. The number of H-pyrrole nitrogens is 1. The van der Waals surface area contributed by atoms with Crippen molar-refractivity contribution in [2.45, 2.75) is 31.0 Å². The van der Waals surface area contributed by atoms with Gasteiger partial charge >= 0.3 is 5.97 Å². The summed E-state index contributed by atoms with van der Waals surface area (Å²) in [5.74, 6) is -3.55. The molecule has 0 radical (unpaired) electrons. The highest BCUT2D eigenvalue weighted by Gasteiger charge is 2.28. The first kappa shape index (κ1) is 25.3. The molecular weight excluding hydrogens is 436 g/mol. The zero-order chi connectivity index (χ0) is 24.4. The Balaban J connectivity index is 2.00. The van der Waals surface area contributed by atoms with Gasteiger partial charge < -0.3 is 42.0 Å². The summed E-state index contributed by atoms with van der Waals surface area (Å²) >= 11 is 0. The van der Waals surface area contributed by atoms with Crippen molar-refractivity contribution in [1.29, 1.82) is 0 Å². The summed E-state index contributed by atoms with van der Waals surface area (Å²) in [5, 5.41) is 34.6. The lowest BCUT2D eigenvalue weighted by Crippen LogP contribution is -2.57. The molecular formula is C20H26N6O7. The van der Waals surface area contributed by atoms with Crippen molar-refractivity contribution in [2.75, 3.05) is 13.2 Å². The van der Waals surface area contributed by atoms with E-state index in [1.54, 1.807) is 12.1 Å². The topological polar surface area (TPSA) is 220 Å². The molecule has 13 nitrogen and oxygen atoms in total. The number of aliphatic hydroxyl groups is 1. The van der Waals surface area contributed by atoms with Crippen LogP contribution in [0.25, 0.3) is 0 Å². The van der Waals surface area contributed by atoms with E-state index >= 15 is 0 Å². The number of aromatic nitrogens is 2. The minimum Gasteiger partial charge on any atom is -0.508 e. The van der Waals surface area contributed by atoms with Crippen molar-refractivity contribution >= 4 is 23.7 Å². The van der Waals surface area contributed by atoms with Crippen LogP contribution in [0.2, 0.25) is 0 Å². The van der Waals surface area contributed by atoms with Gasteiger partial charge in [0.1, 0.15) is 24.4 Å². The predicted octanol–water partition coefficient (Wildman–Crippen LogP) is -2.61. The van der Waals surface area contributed by atoms with E-state index in [9.17, 15) is 29.4 Å². The molecule has 0 aliphatic carbocycles. The SMILES string of the molecule is NC(Cc1ccc(O)cc1)C(=O)NC(CO)C(=O)NC(Cc1cnc[nH]1)C(=O)NCC(=O)O. The van der Waals surface area contributed by atoms with E-state index in [1.807, 2.05) is 0 Å². The summed E-state index contributed by atoms with van der Waals surface area (Å²) in [6.07, 6.45) is 2.88. The molecule has 0 spiro atoms. The molecule has 13 heteroatoms. The van der Waals surface area contributed by atoms with Crippen molar-refractivity contribution in [3.63, 3.8) is 0 Å². The molecule has 1 aromatic heterocycles. The summed E-state index contributed by atoms with van der Waals surface area (Å²) < 4.78 is 0. The normalized spacial score (nSPS) is 13.4. The average molecular weight is 462 g/mol. The van der Waals surface area contributed by atoms with Gasteiger partial charge in [0, 0.05) is 18.3 Å². The van der Waals surface area contributed by atoms with Crippen LogP contribution in [0, 0.1) is 0 Å². The van der Waals surface area contributed by atoms with Gasteiger partial charge in [-0.05, 0) is 24.1 Å². The number of aromatic hydroxyl groups is 1. The number of imidazole rings is 1. The Labute approximate surface area is 188 Å². The highest BCUT2D eigenvalue weighted by Crippen LogP contribution is 2.11. The maximum Gasteiger partial charge on any atom is 0.322 e. The van der Waals surface area contributed by atoms with Crippen LogP contribution >= 0.6 is 0 Å². The Kier molecular flexibility index (Phi) is 9.32. The first-order valence-corrected chi connectivity index (χ1v) is 9.91. The van der Waals surface area contributed by atoms with E-state index < -0.39 is 55.0 Å². The number of phenolic OH excluding ortho intramolecular Hbond substituents is 1. The van der Waals surface area contributed by atoms with Crippen LogP contribution in [0.3, 0.4) is 0 Å². The lowest BCUT2D eigenvalue weighted by molar-refractivity contribution is -0.138. The number of aliphatic hydroxyl groups excluding tert-OH is 1. The number of amides is 3. The number of hydrogen-bond acceptors (Lipinski definition) is 8. The monoisotopic (exact) mass is 462 g/mol. The van der Waals surface area contributed by atoms with E-state index in [1.165, 1.54) is 24.7 Å². The minimum atomic E-state index is -1.40. The lowest BCUT2D eigenvalue weighted by atomic mass is 10.1. The van der Waals surface area contributed by atoms with Crippen LogP contribution in [0.5, 0.6) is 5.75 Å². The van der Waals surface area contributed by atoms with Gasteiger partial charge in [-0.1, -0.05) is 12.1 Å². The Morgan fingerprint density at radius 1 is 1.00 bits per heavy atom. The zero-order valence-corrected chi connectivity index (χ0v) is 17.5. The molecule has 0 bridgehead atoms. The minimum absolute atomic E-state index is 0.0380. The van der Waals surface area contributed by atoms with Gasteiger partial charge in [-0.3, -0.25) is 19.2 Å². The molecule has 0 aliphatic rings. The molecule has 178 valence electrons. The van der Waals surface area contributed by atoms with Crippen LogP contribution < -0.4 is 21.7 Å². The fourth-order valence-corrected chi connectivity index (χ4v) is 2.84. The summed E-state index contributed by atoms with van der Waals surface area (Å²) in [5.41, 5.74) is 7.05. The quantitative estimate of drug-likeness (QED) is 0.165. The molecule has 0 saturated heterocycles. The fraction of sp³-hybridized carbons (Fsp3) is 0.350. The number of phenols is 1. The second kappa shape index (κ2) is 12.2. The Morgan fingerprint density at radius 2 is 1.67 bits per heavy atom. The first-order valence-electron chi connectivity index (χ1n) is 9.91. The van der Waals surface area contributed by atoms with Crippen LogP contribution in [-0.2, 0) is 32.0 Å². The number of hydrogen-bond donors (Lipinski definition) is 8. The number of carboxylic acids is 1. The number of nitrogens with zero attached hydrogens (tertiary/aromatic N) is 1. The predicted molar refractivity (Wildman–Crippen MR) is 114 cm³/mol. The first-order chi connectivity index (χ1) is 15.7. The zero-order valence-electron chi connectivity index (χ0n) is 17.5. The Morgan fingerprint density at radius 3 is 2.24 bits per heavy atom. The van der Waals surface area contributed by atoms with Crippen molar-refractivity contribution in [2.24, 2.45) is 5.73 Å². The standard InChI is InChI=1S/C20H26N6O7/c21-14(5-11-1-3-13(28)4-2-11)18(31)26-16(9-27)20(33)25-15(6-12-7-22-10-24-12)19(32)23-8-17(29)30/h1-4,7,10,14-16,27-28H,5-6,8-9,21H2,(H,22,24)(H,23,32)(H,25,33)(H,26,31)(H,29,30). The average Bonchev–Trinajstić information content (AvgIpc) is 3.29. The van der Waals surface area contributed by atoms with E-state index in [0.717, 1.165) is 0 Å². The van der Waals surface area contributed by atoms with Gasteiger partial charge in [0.05, 0.1) is 19.0 Å². The van der Waals surface area contributed by atoms with Crippen LogP contribution in [0.15, 0.2) is 36.8 Å². The number of benzene rings is 1. The second-order valence-electron chi connectivity index (χ2n) is 7.17. The van der Waals surface area contributed by atoms with Crippen LogP contribution in [-0.4, -0.2) is 80.3 Å². The van der Waals surface area contributed by atoms with Gasteiger partial charge in [-0.25, -0.2) is 4.98 Å². The third-order valence-corrected chi connectivity index (χ3v) is 4.57. The third kappa shape index (κ3) is 8.23. The molecule has 0 fully saturated rings. The number of aromatic amines is 1. The summed E-state index contributed by atoms with van der Waals surface area (Å²) in [6, 6.07) is 2.42. The van der Waals surface area contributed by atoms with Gasteiger partial charge in [-0.2, -0.15) is 0 Å². The van der Waals surface area contributed by atoms with Crippen molar-refractivity contribution < 1.29 is 34.5 Å². The smallest absolute Gasteiger partial charge is 0.322 e. The summed E-state index contributed by atoms with van der Waals surface area (Å²) in [7, 11) is 0. The fourth-order valence-electron chi connectivity index (χ4n) is 2.84. The molecule has 0 saturated carbocycles. The number of carbonyl (C=O) groups is 4. The van der Waals surface area contributed by atoms with Gasteiger partial charge in [-0.15, -0.1) is 0 Å². The molecule has 1 heterocycles. The number of aliphatic carboxylic acids is 1. The number of carbonyl (C=O) groups excluding carboxylic acids is 3. The van der Waals surface area contributed by atoms with Gasteiger partial charge in [0.15, 0.2) is 0 Å². The van der Waals surface area contributed by atoms with Crippen molar-refractivity contribution in [1.82, 2.24) is 25.9 Å². The van der Waals surface area contributed by atoms with E-state index in [-0.39, 0.29) is 18.6 Å². The van der Waals surface area contributed by atoms with E-state index in [4.69, 9.17) is 10.8 Å². The molecule has 2 aromatic rings. The number of nitrogens with one attached hydrogen (secondary N) is 4. The maximum absolute atomic E-state index is 12.6. The number of carboxylic acid groups (broad SMARTS) is 1. The van der Waals surface area contributed by atoms with Gasteiger partial charge in [0.2, 0.25) is 17.7 Å². The van der Waals surface area contributed by atoms with Crippen molar-refractivity contribution in [3.05, 3.63) is 48.0 Å². The molecule has 3 amide bonds. The lowest BCUT2D eigenvalue weighted by Gasteiger charge is -2.22. The van der Waals surface area contributed by atoms with Crippen LogP contribution in [0.4, 0.5) is 0 Å². The van der Waals surface area contributed by atoms with Gasteiger partial charge in [0.25, 0.3) is 0 Å².